The number of nitrogens with zero attached hydrogens (tertiary/aromatic N) is 5. The lowest BCUT2D eigenvalue weighted by molar-refractivity contribution is -0.384. The van der Waals surface area contributed by atoms with E-state index in [1.165, 1.54) is 12.1 Å². The van der Waals surface area contributed by atoms with Gasteiger partial charge in [-0.3, -0.25) is 14.7 Å². The van der Waals surface area contributed by atoms with Crippen LogP contribution < -0.4 is 0 Å². The number of hydrogen-bond acceptors (Lipinski definition) is 5. The third kappa shape index (κ3) is 2.69. The van der Waals surface area contributed by atoms with E-state index >= 15 is 0 Å². The van der Waals surface area contributed by atoms with Crippen LogP contribution >= 0.6 is 0 Å². The molecule has 0 bridgehead atoms. The first-order chi connectivity index (χ1) is 10.7. The van der Waals surface area contributed by atoms with Gasteiger partial charge in [-0.2, -0.15) is 0 Å². The molecular formula is C15H13N5O2. The summed E-state index contributed by atoms with van der Waals surface area (Å²) >= 11 is 0. The first-order valence-corrected chi connectivity index (χ1v) is 6.78. The van der Waals surface area contributed by atoms with Crippen LogP contribution in [0.5, 0.6) is 0 Å². The van der Waals surface area contributed by atoms with E-state index in [0.717, 1.165) is 23.5 Å². The number of nitro groups is 1. The van der Waals surface area contributed by atoms with Crippen molar-refractivity contribution in [2.45, 2.75) is 13.3 Å². The Bertz CT molecular complexity index is 797. The Morgan fingerprint density at radius 1 is 1.23 bits per heavy atom. The maximum Gasteiger partial charge on any atom is 0.269 e. The van der Waals surface area contributed by atoms with Gasteiger partial charge in [0.15, 0.2) is 5.82 Å². The van der Waals surface area contributed by atoms with Crippen LogP contribution in [0.25, 0.3) is 17.2 Å². The minimum absolute atomic E-state index is 0.0465. The summed E-state index contributed by atoms with van der Waals surface area (Å²) in [5.74, 6) is 1.26. The molecule has 2 aromatic heterocycles. The average Bonchev–Trinajstić information content (AvgIpc) is 3.09. The van der Waals surface area contributed by atoms with Gasteiger partial charge < -0.3 is 0 Å². The summed E-state index contributed by atoms with van der Waals surface area (Å²) in [6.07, 6.45) is 5.92. The topological polar surface area (TPSA) is 86.7 Å². The summed E-state index contributed by atoms with van der Waals surface area (Å²) < 4.78 is 1.80. The molecule has 110 valence electrons. The van der Waals surface area contributed by atoms with Gasteiger partial charge in [-0.15, -0.1) is 0 Å². The molecule has 3 rings (SSSR count). The predicted octanol–water partition coefficient (Wildman–Crippen LogP) is 2.80. The molecule has 0 aliphatic heterocycles. The van der Waals surface area contributed by atoms with E-state index in [1.54, 1.807) is 35.4 Å². The van der Waals surface area contributed by atoms with Crippen molar-refractivity contribution in [3.63, 3.8) is 0 Å². The number of non-ortho nitro benzene ring substituents is 1. The normalized spacial score (nSPS) is 10.6. The Labute approximate surface area is 126 Å². The fourth-order valence-electron chi connectivity index (χ4n) is 2.05. The molecule has 7 heteroatoms. The molecule has 0 saturated heterocycles. The lowest BCUT2D eigenvalue weighted by Crippen LogP contribution is -2.02. The lowest BCUT2D eigenvalue weighted by Gasteiger charge is -2.07. The maximum absolute atomic E-state index is 10.7. The second kappa shape index (κ2) is 5.72. The molecule has 0 aliphatic rings. The molecule has 2 heterocycles. The van der Waals surface area contributed by atoms with Crippen LogP contribution in [-0.2, 0) is 6.42 Å². The highest BCUT2D eigenvalue weighted by Gasteiger charge is 2.10. The molecule has 1 aromatic carbocycles. The Hall–Kier alpha value is -3.09. The Morgan fingerprint density at radius 2 is 2.00 bits per heavy atom. The number of benzene rings is 1. The predicted molar refractivity (Wildman–Crippen MR) is 80.6 cm³/mol. The van der Waals surface area contributed by atoms with Crippen LogP contribution in [0, 0.1) is 10.1 Å². The van der Waals surface area contributed by atoms with E-state index in [2.05, 4.69) is 15.0 Å². The van der Waals surface area contributed by atoms with Crippen molar-refractivity contribution in [2.75, 3.05) is 0 Å². The third-order valence-corrected chi connectivity index (χ3v) is 3.23. The molecular weight excluding hydrogens is 282 g/mol. The molecule has 0 N–H and O–H groups in total. The summed E-state index contributed by atoms with van der Waals surface area (Å²) in [5.41, 5.74) is 1.68. The number of rotatable bonds is 4. The van der Waals surface area contributed by atoms with Crippen molar-refractivity contribution >= 4 is 5.69 Å². The maximum atomic E-state index is 10.7. The highest BCUT2D eigenvalue weighted by molar-refractivity contribution is 5.58. The van der Waals surface area contributed by atoms with Gasteiger partial charge in [0.05, 0.1) is 4.92 Å². The number of nitro benzene ring substituents is 1. The van der Waals surface area contributed by atoms with E-state index in [-0.39, 0.29) is 5.69 Å². The number of aryl methyl sites for hydroxylation is 1. The second-order valence-electron chi connectivity index (χ2n) is 4.67. The molecule has 0 saturated carbocycles. The first-order valence-electron chi connectivity index (χ1n) is 6.78. The number of aromatic nitrogens is 4. The summed E-state index contributed by atoms with van der Waals surface area (Å²) in [6, 6.07) is 8.12. The monoisotopic (exact) mass is 295 g/mol. The van der Waals surface area contributed by atoms with Gasteiger partial charge in [-0.1, -0.05) is 6.92 Å². The fourth-order valence-corrected chi connectivity index (χ4v) is 2.05. The molecule has 0 amide bonds. The number of imidazole rings is 1. The van der Waals surface area contributed by atoms with Crippen molar-refractivity contribution in [1.82, 2.24) is 19.5 Å². The van der Waals surface area contributed by atoms with E-state index in [1.807, 2.05) is 13.0 Å². The van der Waals surface area contributed by atoms with Gasteiger partial charge in [-0.25, -0.2) is 15.0 Å². The minimum Gasteiger partial charge on any atom is -0.290 e. The summed E-state index contributed by atoms with van der Waals surface area (Å²) in [5, 5.41) is 10.7. The van der Waals surface area contributed by atoms with Crippen molar-refractivity contribution in [1.29, 1.82) is 0 Å². The molecule has 0 spiro atoms. The highest BCUT2D eigenvalue weighted by Crippen LogP contribution is 2.21. The van der Waals surface area contributed by atoms with Crippen LogP contribution in [0.2, 0.25) is 0 Å². The third-order valence-electron chi connectivity index (χ3n) is 3.23. The SMILES string of the molecule is CCc1cc(-n2ccnc2)nc(-c2ccc([N+](=O)[O-])cc2)n1. The van der Waals surface area contributed by atoms with Crippen LogP contribution in [0.4, 0.5) is 5.69 Å². The molecule has 0 unspecified atom stereocenters. The lowest BCUT2D eigenvalue weighted by atomic mass is 10.2. The van der Waals surface area contributed by atoms with Crippen molar-refractivity contribution in [3.05, 3.63) is 64.9 Å². The Kier molecular flexibility index (Phi) is 3.61. The van der Waals surface area contributed by atoms with Crippen LogP contribution in [0.1, 0.15) is 12.6 Å². The molecule has 7 nitrogen and oxygen atoms in total. The standard InChI is InChI=1S/C15H13N5O2/c1-2-12-9-14(19-8-7-16-10-19)18-15(17-12)11-3-5-13(6-4-11)20(21)22/h3-10H,2H2,1H3. The molecule has 0 aliphatic carbocycles. The summed E-state index contributed by atoms with van der Waals surface area (Å²) in [6.45, 7) is 2.01. The van der Waals surface area contributed by atoms with Gasteiger partial charge in [0.25, 0.3) is 5.69 Å². The van der Waals surface area contributed by atoms with Crippen molar-refractivity contribution < 1.29 is 4.92 Å². The smallest absolute Gasteiger partial charge is 0.269 e. The number of hydrogen-bond donors (Lipinski definition) is 0. The van der Waals surface area contributed by atoms with Crippen LogP contribution in [-0.4, -0.2) is 24.4 Å². The zero-order chi connectivity index (χ0) is 15.5. The molecule has 22 heavy (non-hydrogen) atoms. The largest absolute Gasteiger partial charge is 0.290 e. The van der Waals surface area contributed by atoms with E-state index < -0.39 is 4.92 Å². The van der Waals surface area contributed by atoms with Gasteiger partial charge >= 0.3 is 0 Å². The van der Waals surface area contributed by atoms with E-state index in [4.69, 9.17) is 0 Å². The van der Waals surface area contributed by atoms with Crippen LogP contribution in [0.15, 0.2) is 49.1 Å². The van der Waals surface area contributed by atoms with Crippen molar-refractivity contribution in [3.8, 4) is 17.2 Å². The zero-order valence-corrected chi connectivity index (χ0v) is 11.9. The van der Waals surface area contributed by atoms with Gasteiger partial charge in [0.2, 0.25) is 0 Å². The fraction of sp³-hybridized carbons (Fsp3) is 0.133. The minimum atomic E-state index is -0.427. The zero-order valence-electron chi connectivity index (χ0n) is 11.9. The first kappa shape index (κ1) is 13.9. The second-order valence-corrected chi connectivity index (χ2v) is 4.67. The van der Waals surface area contributed by atoms with Gasteiger partial charge in [0.1, 0.15) is 12.1 Å². The Balaban J connectivity index is 2.06. The summed E-state index contributed by atoms with van der Waals surface area (Å²) in [4.78, 5) is 23.3. The van der Waals surface area contributed by atoms with Crippen molar-refractivity contribution in [2.24, 2.45) is 0 Å². The van der Waals surface area contributed by atoms with Gasteiger partial charge in [0, 0.05) is 41.9 Å². The molecule has 3 aromatic rings. The van der Waals surface area contributed by atoms with Crippen LogP contribution in [0.3, 0.4) is 0 Å². The molecule has 0 atom stereocenters. The highest BCUT2D eigenvalue weighted by atomic mass is 16.6. The van der Waals surface area contributed by atoms with E-state index in [0.29, 0.717) is 5.82 Å². The van der Waals surface area contributed by atoms with E-state index in [9.17, 15) is 10.1 Å². The Morgan fingerprint density at radius 3 is 2.59 bits per heavy atom. The molecule has 0 radical (unpaired) electrons. The average molecular weight is 295 g/mol. The quantitative estimate of drug-likeness (QED) is 0.545. The van der Waals surface area contributed by atoms with Gasteiger partial charge in [-0.05, 0) is 18.6 Å². The summed E-state index contributed by atoms with van der Waals surface area (Å²) in [7, 11) is 0. The molecule has 0 fully saturated rings.